The summed E-state index contributed by atoms with van der Waals surface area (Å²) in [6.07, 6.45) is -4.31. The van der Waals surface area contributed by atoms with E-state index in [4.69, 9.17) is 10.5 Å². The Morgan fingerprint density at radius 1 is 1.22 bits per heavy atom. The lowest BCUT2D eigenvalue weighted by Gasteiger charge is -2.27. The first-order chi connectivity index (χ1) is 7.99. The van der Waals surface area contributed by atoms with Crippen molar-refractivity contribution in [3.8, 4) is 0 Å². The summed E-state index contributed by atoms with van der Waals surface area (Å²) in [5, 5.41) is 0. The van der Waals surface area contributed by atoms with Gasteiger partial charge in [-0.15, -0.1) is 24.0 Å². The van der Waals surface area contributed by atoms with Gasteiger partial charge in [0.25, 0.3) is 0 Å². The van der Waals surface area contributed by atoms with E-state index in [9.17, 15) is 13.2 Å². The molecule has 0 radical (unpaired) electrons. The summed E-state index contributed by atoms with van der Waals surface area (Å²) in [6, 6.07) is 0. The van der Waals surface area contributed by atoms with Crippen LogP contribution in [0.3, 0.4) is 0 Å². The number of halogens is 4. The van der Waals surface area contributed by atoms with E-state index in [2.05, 4.69) is 4.99 Å². The first-order valence-electron chi connectivity index (χ1n) is 5.68. The van der Waals surface area contributed by atoms with Crippen molar-refractivity contribution in [1.82, 2.24) is 4.90 Å². The molecule has 0 spiro atoms. The maximum atomic E-state index is 11.8. The van der Waals surface area contributed by atoms with Crippen LogP contribution in [0.15, 0.2) is 4.99 Å². The normalized spacial score (nSPS) is 17.5. The molecule has 18 heavy (non-hydrogen) atoms. The molecule has 4 nitrogen and oxygen atoms in total. The molecule has 1 rings (SSSR count). The number of aliphatic imine (C=N–C) groups is 1. The Hall–Kier alpha value is -0.250. The molecular weight excluding hydrogens is 362 g/mol. The summed E-state index contributed by atoms with van der Waals surface area (Å²) in [7, 11) is 0. The monoisotopic (exact) mass is 381 g/mol. The minimum absolute atomic E-state index is 0. The third-order valence-corrected chi connectivity index (χ3v) is 2.48. The van der Waals surface area contributed by atoms with Crippen LogP contribution in [0.1, 0.15) is 19.3 Å². The standard InChI is InChI=1S/C10H18F3N3O.HI/c11-10(12,13)3-1-2-4-15-9(14)16-5-7-17-8-6-16;/h1-8H2,(H2,14,15);1H. The summed E-state index contributed by atoms with van der Waals surface area (Å²) in [5.41, 5.74) is 5.71. The molecular formula is C10H19F3IN3O. The predicted octanol–water partition coefficient (Wildman–Crippen LogP) is 1.98. The molecule has 0 aromatic heterocycles. The Balaban J connectivity index is 0.00000289. The van der Waals surface area contributed by atoms with Gasteiger partial charge in [0.1, 0.15) is 0 Å². The molecule has 0 aromatic rings. The van der Waals surface area contributed by atoms with E-state index in [1.54, 1.807) is 0 Å². The van der Waals surface area contributed by atoms with Crippen LogP contribution in [0.4, 0.5) is 13.2 Å². The Labute approximate surface area is 122 Å². The summed E-state index contributed by atoms with van der Waals surface area (Å²) in [5.74, 6) is 0.403. The molecule has 8 heteroatoms. The number of unbranched alkanes of at least 4 members (excludes halogenated alkanes) is 1. The highest BCUT2D eigenvalue weighted by Gasteiger charge is 2.25. The first kappa shape index (κ1) is 17.8. The van der Waals surface area contributed by atoms with E-state index in [0.717, 1.165) is 0 Å². The summed E-state index contributed by atoms with van der Waals surface area (Å²) >= 11 is 0. The number of rotatable bonds is 4. The van der Waals surface area contributed by atoms with Crippen molar-refractivity contribution in [1.29, 1.82) is 0 Å². The van der Waals surface area contributed by atoms with Gasteiger partial charge >= 0.3 is 6.18 Å². The molecule has 1 saturated heterocycles. The minimum atomic E-state index is -4.07. The van der Waals surface area contributed by atoms with Crippen LogP contribution in [0, 0.1) is 0 Å². The van der Waals surface area contributed by atoms with Gasteiger partial charge in [-0.05, 0) is 12.8 Å². The molecule has 1 aliphatic heterocycles. The van der Waals surface area contributed by atoms with E-state index in [1.807, 2.05) is 4.90 Å². The molecule has 0 saturated carbocycles. The number of ether oxygens (including phenoxy) is 1. The molecule has 2 N–H and O–H groups in total. The van der Waals surface area contributed by atoms with Crippen molar-refractivity contribution in [2.75, 3.05) is 32.8 Å². The fraction of sp³-hybridized carbons (Fsp3) is 0.900. The van der Waals surface area contributed by atoms with E-state index in [1.165, 1.54) is 0 Å². The number of morpholine rings is 1. The van der Waals surface area contributed by atoms with Crippen LogP contribution in [-0.2, 0) is 4.74 Å². The Kier molecular flexibility index (Phi) is 8.66. The number of hydrogen-bond donors (Lipinski definition) is 1. The molecule has 1 heterocycles. The Morgan fingerprint density at radius 3 is 2.39 bits per heavy atom. The average Bonchev–Trinajstić information content (AvgIpc) is 2.28. The first-order valence-corrected chi connectivity index (χ1v) is 5.68. The lowest BCUT2D eigenvalue weighted by Crippen LogP contribution is -2.44. The fourth-order valence-corrected chi connectivity index (χ4v) is 1.52. The molecule has 0 unspecified atom stereocenters. The van der Waals surface area contributed by atoms with Crippen molar-refractivity contribution < 1.29 is 17.9 Å². The SMILES string of the molecule is I.NC(=NCCCCC(F)(F)F)N1CCOCC1. The number of nitrogens with zero attached hydrogens (tertiary/aromatic N) is 2. The second-order valence-corrected chi connectivity index (χ2v) is 3.91. The van der Waals surface area contributed by atoms with Gasteiger partial charge in [-0.2, -0.15) is 13.2 Å². The van der Waals surface area contributed by atoms with Gasteiger partial charge in [0, 0.05) is 26.1 Å². The summed E-state index contributed by atoms with van der Waals surface area (Å²) in [4.78, 5) is 5.95. The molecule has 0 atom stereocenters. The molecule has 0 amide bonds. The van der Waals surface area contributed by atoms with Crippen molar-refractivity contribution in [2.24, 2.45) is 10.7 Å². The second-order valence-electron chi connectivity index (χ2n) is 3.91. The van der Waals surface area contributed by atoms with Gasteiger partial charge < -0.3 is 15.4 Å². The highest BCUT2D eigenvalue weighted by molar-refractivity contribution is 14.0. The molecule has 1 aliphatic rings. The van der Waals surface area contributed by atoms with Gasteiger partial charge in [0.2, 0.25) is 0 Å². The van der Waals surface area contributed by atoms with E-state index in [-0.39, 0.29) is 30.4 Å². The largest absolute Gasteiger partial charge is 0.389 e. The Bertz CT molecular complexity index is 255. The Morgan fingerprint density at radius 2 is 1.83 bits per heavy atom. The second kappa shape index (κ2) is 8.78. The molecule has 0 aromatic carbocycles. The number of nitrogens with two attached hydrogens (primary N) is 1. The third-order valence-electron chi connectivity index (χ3n) is 2.48. The lowest BCUT2D eigenvalue weighted by molar-refractivity contribution is -0.135. The predicted molar refractivity (Wildman–Crippen MR) is 74.2 cm³/mol. The van der Waals surface area contributed by atoms with Crippen molar-refractivity contribution >= 4 is 29.9 Å². The van der Waals surface area contributed by atoms with Gasteiger partial charge in [-0.25, -0.2) is 0 Å². The zero-order chi connectivity index (χ0) is 12.7. The smallest absolute Gasteiger partial charge is 0.378 e. The molecule has 0 bridgehead atoms. The van der Waals surface area contributed by atoms with E-state index < -0.39 is 12.6 Å². The van der Waals surface area contributed by atoms with Crippen LogP contribution in [0.5, 0.6) is 0 Å². The third kappa shape index (κ3) is 7.96. The van der Waals surface area contributed by atoms with Gasteiger partial charge in [0.05, 0.1) is 13.2 Å². The zero-order valence-corrected chi connectivity index (χ0v) is 12.4. The maximum absolute atomic E-state index is 11.8. The topological polar surface area (TPSA) is 50.8 Å². The van der Waals surface area contributed by atoms with Crippen LogP contribution >= 0.6 is 24.0 Å². The zero-order valence-electron chi connectivity index (χ0n) is 10.1. The van der Waals surface area contributed by atoms with Crippen molar-refractivity contribution in [3.63, 3.8) is 0 Å². The molecule has 108 valence electrons. The van der Waals surface area contributed by atoms with Crippen LogP contribution in [0.25, 0.3) is 0 Å². The summed E-state index contributed by atoms with van der Waals surface area (Å²) in [6.45, 7) is 2.96. The summed E-state index contributed by atoms with van der Waals surface area (Å²) < 4.78 is 40.7. The van der Waals surface area contributed by atoms with Crippen molar-refractivity contribution in [3.05, 3.63) is 0 Å². The van der Waals surface area contributed by atoms with Gasteiger partial charge in [0.15, 0.2) is 5.96 Å². The molecule has 1 fully saturated rings. The highest BCUT2D eigenvalue weighted by atomic mass is 127. The van der Waals surface area contributed by atoms with Crippen LogP contribution in [0.2, 0.25) is 0 Å². The molecule has 0 aliphatic carbocycles. The number of alkyl halides is 3. The quantitative estimate of drug-likeness (QED) is 0.351. The number of guanidine groups is 1. The average molecular weight is 381 g/mol. The van der Waals surface area contributed by atoms with E-state index in [0.29, 0.717) is 45.2 Å². The lowest BCUT2D eigenvalue weighted by atomic mass is 10.2. The minimum Gasteiger partial charge on any atom is -0.378 e. The van der Waals surface area contributed by atoms with Crippen LogP contribution in [-0.4, -0.2) is 49.9 Å². The van der Waals surface area contributed by atoms with Crippen molar-refractivity contribution in [2.45, 2.75) is 25.4 Å². The fourth-order valence-electron chi connectivity index (χ4n) is 1.52. The van der Waals surface area contributed by atoms with E-state index >= 15 is 0 Å². The maximum Gasteiger partial charge on any atom is 0.389 e. The van der Waals surface area contributed by atoms with Gasteiger partial charge in [-0.3, -0.25) is 4.99 Å². The van der Waals surface area contributed by atoms with Gasteiger partial charge in [-0.1, -0.05) is 0 Å². The number of hydrogen-bond acceptors (Lipinski definition) is 2. The van der Waals surface area contributed by atoms with Crippen LogP contribution < -0.4 is 5.73 Å². The highest BCUT2D eigenvalue weighted by Crippen LogP contribution is 2.21.